The van der Waals surface area contributed by atoms with Gasteiger partial charge in [0.15, 0.2) is 0 Å². The third-order valence-corrected chi connectivity index (χ3v) is 3.68. The van der Waals surface area contributed by atoms with Crippen LogP contribution in [0.25, 0.3) is 0 Å². The normalized spacial score (nSPS) is 23.6. The minimum Gasteiger partial charge on any atom is -0.480 e. The van der Waals surface area contributed by atoms with Gasteiger partial charge in [-0.05, 0) is 13.0 Å². The Bertz CT molecular complexity index is 187. The van der Waals surface area contributed by atoms with Crippen LogP contribution < -0.4 is 0 Å². The van der Waals surface area contributed by atoms with E-state index in [-0.39, 0.29) is 5.25 Å². The van der Waals surface area contributed by atoms with Crippen LogP contribution in [0, 0.1) is 0 Å². The van der Waals surface area contributed by atoms with Gasteiger partial charge < -0.3 is 10.0 Å². The second-order valence-electron chi connectivity index (χ2n) is 3.71. The minimum atomic E-state index is -0.657. The van der Waals surface area contributed by atoms with Gasteiger partial charge in [-0.15, -0.1) is 11.8 Å². The summed E-state index contributed by atoms with van der Waals surface area (Å²) in [5.41, 5.74) is 0. The molecule has 1 fully saturated rings. The number of hydrogen-bond acceptors (Lipinski definition) is 3. The Morgan fingerprint density at radius 3 is 3.00 bits per heavy atom. The van der Waals surface area contributed by atoms with Crippen molar-refractivity contribution in [2.45, 2.75) is 31.4 Å². The van der Waals surface area contributed by atoms with E-state index >= 15 is 0 Å². The van der Waals surface area contributed by atoms with E-state index in [1.807, 2.05) is 0 Å². The van der Waals surface area contributed by atoms with Gasteiger partial charge in [0, 0.05) is 18.8 Å². The van der Waals surface area contributed by atoms with E-state index in [9.17, 15) is 4.79 Å². The lowest BCUT2D eigenvalue weighted by molar-refractivity contribution is -0.136. The van der Waals surface area contributed by atoms with Crippen LogP contribution in [0.2, 0.25) is 0 Å². The molecule has 3 nitrogen and oxygen atoms in total. The minimum absolute atomic E-state index is 0.203. The molecule has 14 heavy (non-hydrogen) atoms. The molecule has 1 saturated heterocycles. The highest BCUT2D eigenvalue weighted by atomic mass is 32.2. The summed E-state index contributed by atoms with van der Waals surface area (Å²) < 4.78 is 0. The molecule has 0 aromatic carbocycles. The van der Waals surface area contributed by atoms with Gasteiger partial charge in [-0.3, -0.25) is 4.79 Å². The number of carbonyl (C=O) groups is 1. The molecule has 0 amide bonds. The van der Waals surface area contributed by atoms with Crippen molar-refractivity contribution in [3.63, 3.8) is 0 Å². The van der Waals surface area contributed by atoms with Crippen LogP contribution in [0.3, 0.4) is 0 Å². The molecule has 1 atom stereocenters. The van der Waals surface area contributed by atoms with Crippen LogP contribution in [0.4, 0.5) is 0 Å². The molecule has 1 aliphatic heterocycles. The summed E-state index contributed by atoms with van der Waals surface area (Å²) >= 11 is 1.57. The van der Waals surface area contributed by atoms with Crippen molar-refractivity contribution in [2.75, 3.05) is 25.4 Å². The topological polar surface area (TPSA) is 40.5 Å². The van der Waals surface area contributed by atoms with Crippen molar-refractivity contribution in [1.29, 1.82) is 0 Å². The molecule has 0 saturated carbocycles. The van der Waals surface area contributed by atoms with Gasteiger partial charge in [0.2, 0.25) is 0 Å². The Labute approximate surface area is 89.9 Å². The van der Waals surface area contributed by atoms with Crippen LogP contribution in [0.15, 0.2) is 0 Å². The van der Waals surface area contributed by atoms with Crippen LogP contribution in [-0.4, -0.2) is 46.6 Å². The maximum absolute atomic E-state index is 10.8. The van der Waals surface area contributed by atoms with E-state index in [1.54, 1.807) is 11.8 Å². The fourth-order valence-electron chi connectivity index (χ4n) is 1.64. The smallest absolute Gasteiger partial charge is 0.317 e. The molecule has 0 aliphatic carbocycles. The largest absolute Gasteiger partial charge is 0.480 e. The maximum Gasteiger partial charge on any atom is 0.317 e. The molecule has 0 radical (unpaired) electrons. The van der Waals surface area contributed by atoms with Crippen LogP contribution >= 0.6 is 11.8 Å². The number of carboxylic acids is 1. The highest BCUT2D eigenvalue weighted by molar-refractivity contribution is 8.00. The first kappa shape index (κ1) is 11.9. The molecule has 0 spiro atoms. The van der Waals surface area contributed by atoms with Gasteiger partial charge in [-0.2, -0.15) is 0 Å². The highest BCUT2D eigenvalue weighted by Crippen LogP contribution is 2.18. The van der Waals surface area contributed by atoms with Gasteiger partial charge in [-0.25, -0.2) is 0 Å². The fourth-order valence-corrected chi connectivity index (χ4v) is 2.75. The monoisotopic (exact) mass is 217 g/mol. The molecule has 0 aromatic rings. The summed E-state index contributed by atoms with van der Waals surface area (Å²) in [5.74, 6) is 0.304. The number of thioether (sulfide) groups is 1. The van der Waals surface area contributed by atoms with Crippen LogP contribution in [0.1, 0.15) is 26.2 Å². The van der Waals surface area contributed by atoms with Crippen molar-refractivity contribution in [3.05, 3.63) is 0 Å². The number of rotatable bonds is 5. The van der Waals surface area contributed by atoms with Gasteiger partial charge in [0.05, 0.1) is 0 Å². The molecule has 1 aliphatic rings. The lowest BCUT2D eigenvalue weighted by Gasteiger charge is -2.30. The SMILES string of the molecule is CCCCCN1CCSC(C(=O)O)C1. The summed E-state index contributed by atoms with van der Waals surface area (Å²) in [6, 6.07) is 0. The molecule has 82 valence electrons. The first-order valence-electron chi connectivity index (χ1n) is 5.30. The van der Waals surface area contributed by atoms with E-state index in [2.05, 4.69) is 11.8 Å². The average molecular weight is 217 g/mol. The van der Waals surface area contributed by atoms with Crippen LogP contribution in [0.5, 0.6) is 0 Å². The first-order valence-corrected chi connectivity index (χ1v) is 6.35. The number of aliphatic carboxylic acids is 1. The molecule has 1 heterocycles. The third-order valence-electron chi connectivity index (χ3n) is 2.50. The second kappa shape index (κ2) is 6.30. The van der Waals surface area contributed by atoms with Crippen LogP contribution in [-0.2, 0) is 4.79 Å². The summed E-state index contributed by atoms with van der Waals surface area (Å²) in [6.07, 6.45) is 3.68. The molecule has 1 unspecified atom stereocenters. The van der Waals surface area contributed by atoms with Gasteiger partial charge in [0.1, 0.15) is 5.25 Å². The Balaban J connectivity index is 2.22. The Morgan fingerprint density at radius 2 is 2.36 bits per heavy atom. The van der Waals surface area contributed by atoms with Crippen molar-refractivity contribution in [1.82, 2.24) is 4.90 Å². The molecule has 1 rings (SSSR count). The quantitative estimate of drug-likeness (QED) is 0.711. The Kier molecular flexibility index (Phi) is 5.33. The standard InChI is InChI=1S/C10H19NO2S/c1-2-3-4-5-11-6-7-14-9(8-11)10(12)13/h9H,2-8H2,1H3,(H,12,13). The van der Waals surface area contributed by atoms with Crippen molar-refractivity contribution in [3.8, 4) is 0 Å². The Morgan fingerprint density at radius 1 is 1.57 bits per heavy atom. The van der Waals surface area contributed by atoms with E-state index in [0.717, 1.165) is 25.4 Å². The molecule has 1 N–H and O–H groups in total. The summed E-state index contributed by atoms with van der Waals surface area (Å²) in [7, 11) is 0. The fraction of sp³-hybridized carbons (Fsp3) is 0.900. The second-order valence-corrected chi connectivity index (χ2v) is 5.02. The zero-order valence-electron chi connectivity index (χ0n) is 8.74. The predicted octanol–water partition coefficient (Wildman–Crippen LogP) is 1.68. The summed E-state index contributed by atoms with van der Waals surface area (Å²) in [5, 5.41) is 8.68. The Hall–Kier alpha value is -0.220. The lowest BCUT2D eigenvalue weighted by Crippen LogP contribution is -2.41. The number of nitrogens with zero attached hydrogens (tertiary/aromatic N) is 1. The van der Waals surface area contributed by atoms with E-state index in [0.29, 0.717) is 0 Å². The molecule has 4 heteroatoms. The van der Waals surface area contributed by atoms with Crippen molar-refractivity contribution in [2.24, 2.45) is 0 Å². The van der Waals surface area contributed by atoms with Crippen molar-refractivity contribution >= 4 is 17.7 Å². The maximum atomic E-state index is 10.8. The zero-order chi connectivity index (χ0) is 10.4. The predicted molar refractivity (Wildman–Crippen MR) is 59.8 cm³/mol. The van der Waals surface area contributed by atoms with E-state index in [1.165, 1.54) is 19.3 Å². The third kappa shape index (κ3) is 3.88. The summed E-state index contributed by atoms with van der Waals surface area (Å²) in [4.78, 5) is 13.1. The summed E-state index contributed by atoms with van der Waals surface area (Å²) in [6.45, 7) is 5.03. The lowest BCUT2D eigenvalue weighted by atomic mass is 10.2. The number of carboxylic acid groups (broad SMARTS) is 1. The van der Waals surface area contributed by atoms with Gasteiger partial charge >= 0.3 is 5.97 Å². The van der Waals surface area contributed by atoms with E-state index in [4.69, 9.17) is 5.11 Å². The number of hydrogen-bond donors (Lipinski definition) is 1. The number of unbranched alkanes of at least 4 members (excludes halogenated alkanes) is 2. The zero-order valence-corrected chi connectivity index (χ0v) is 9.55. The molecular formula is C10H19NO2S. The van der Waals surface area contributed by atoms with Gasteiger partial charge in [-0.1, -0.05) is 19.8 Å². The molecule has 0 bridgehead atoms. The van der Waals surface area contributed by atoms with Crippen molar-refractivity contribution < 1.29 is 9.90 Å². The highest BCUT2D eigenvalue weighted by Gasteiger charge is 2.25. The first-order chi connectivity index (χ1) is 6.74. The van der Waals surface area contributed by atoms with E-state index < -0.39 is 5.97 Å². The molecule has 0 aromatic heterocycles. The molecular weight excluding hydrogens is 198 g/mol. The average Bonchev–Trinajstić information content (AvgIpc) is 2.19. The van der Waals surface area contributed by atoms with Gasteiger partial charge in [0.25, 0.3) is 0 Å².